The van der Waals surface area contributed by atoms with Gasteiger partial charge in [0.25, 0.3) is 0 Å². The lowest BCUT2D eigenvalue weighted by molar-refractivity contribution is 0.163. The fourth-order valence-corrected chi connectivity index (χ4v) is 4.45. The van der Waals surface area contributed by atoms with Crippen LogP contribution in [0.1, 0.15) is 18.4 Å². The summed E-state index contributed by atoms with van der Waals surface area (Å²) in [6.07, 6.45) is 3.69. The summed E-state index contributed by atoms with van der Waals surface area (Å²) in [4.78, 5) is 0.607. The Balaban J connectivity index is 1.62. The second kappa shape index (κ2) is 8.24. The van der Waals surface area contributed by atoms with Gasteiger partial charge in [-0.2, -0.15) is 0 Å². The van der Waals surface area contributed by atoms with Gasteiger partial charge in [-0.1, -0.05) is 6.07 Å². The Morgan fingerprint density at radius 3 is 2.75 bits per heavy atom. The largest absolute Gasteiger partial charge is 0.495 e. The first kappa shape index (κ1) is 18.8. The van der Waals surface area contributed by atoms with Gasteiger partial charge in [0.15, 0.2) is 22.3 Å². The molecule has 1 aliphatic rings. The number of furan rings is 1. The molecule has 28 heavy (non-hydrogen) atoms. The first-order valence-electron chi connectivity index (χ1n) is 9.36. The maximum absolute atomic E-state index is 13.0. The van der Waals surface area contributed by atoms with Crippen LogP contribution >= 0.6 is 0 Å². The van der Waals surface area contributed by atoms with Crippen molar-refractivity contribution in [3.63, 3.8) is 0 Å². The standard InChI is InChI=1S/C21H24N2O4S/c1-14-3-4-18(25-2)20(11-14)28(24)23-16-12-15-7-10-26-21(15)19(13-16)27-17-5-8-22-9-6-17/h3-4,7,10-13,17,22-23H,5-6,8-9H2,1-2H3. The van der Waals surface area contributed by atoms with Gasteiger partial charge in [-0.3, -0.25) is 0 Å². The van der Waals surface area contributed by atoms with Gasteiger partial charge in [0, 0.05) is 11.5 Å². The van der Waals surface area contributed by atoms with E-state index in [9.17, 15) is 4.21 Å². The minimum absolute atomic E-state index is 0.146. The van der Waals surface area contributed by atoms with E-state index in [2.05, 4.69) is 10.0 Å². The molecule has 0 bridgehead atoms. The highest BCUT2D eigenvalue weighted by Gasteiger charge is 2.19. The molecule has 148 valence electrons. The van der Waals surface area contributed by atoms with Gasteiger partial charge in [0.2, 0.25) is 0 Å². The number of ether oxygens (including phenoxy) is 2. The molecular formula is C21H24N2O4S. The van der Waals surface area contributed by atoms with Crippen molar-refractivity contribution in [3.8, 4) is 11.5 Å². The van der Waals surface area contributed by atoms with Crippen molar-refractivity contribution in [1.82, 2.24) is 5.32 Å². The highest BCUT2D eigenvalue weighted by molar-refractivity contribution is 7.86. The zero-order valence-electron chi connectivity index (χ0n) is 16.0. The topological polar surface area (TPSA) is 72.7 Å². The van der Waals surface area contributed by atoms with Crippen molar-refractivity contribution in [2.24, 2.45) is 0 Å². The van der Waals surface area contributed by atoms with Crippen molar-refractivity contribution in [2.45, 2.75) is 30.8 Å². The zero-order valence-corrected chi connectivity index (χ0v) is 16.8. The molecule has 1 unspecified atom stereocenters. The minimum atomic E-state index is -1.47. The van der Waals surface area contributed by atoms with Crippen LogP contribution in [0.15, 0.2) is 52.0 Å². The average molecular weight is 401 g/mol. The highest BCUT2D eigenvalue weighted by atomic mass is 32.2. The number of hydrogen-bond acceptors (Lipinski definition) is 5. The van der Waals surface area contributed by atoms with Gasteiger partial charge in [-0.05, 0) is 62.7 Å². The average Bonchev–Trinajstić information content (AvgIpc) is 3.17. The molecule has 2 aromatic carbocycles. The van der Waals surface area contributed by atoms with E-state index in [0.29, 0.717) is 27.7 Å². The Bertz CT molecular complexity index is 995. The van der Waals surface area contributed by atoms with Crippen molar-refractivity contribution >= 4 is 27.6 Å². The molecule has 3 aromatic rings. The molecule has 6 nitrogen and oxygen atoms in total. The molecule has 1 aliphatic heterocycles. The molecule has 1 saturated heterocycles. The molecule has 7 heteroatoms. The Hall–Kier alpha value is -2.51. The normalized spacial score (nSPS) is 16.1. The molecular weight excluding hydrogens is 376 g/mol. The summed E-state index contributed by atoms with van der Waals surface area (Å²) in [5, 5.41) is 4.24. The number of fused-ring (bicyclic) bond motifs is 1. The van der Waals surface area contributed by atoms with E-state index in [1.807, 2.05) is 43.3 Å². The molecule has 2 heterocycles. The number of hydrogen-bond donors (Lipinski definition) is 2. The molecule has 0 amide bonds. The van der Waals surface area contributed by atoms with E-state index < -0.39 is 11.0 Å². The minimum Gasteiger partial charge on any atom is -0.495 e. The Labute approximate surface area is 166 Å². The third-order valence-corrected chi connectivity index (χ3v) is 5.97. The molecule has 1 atom stereocenters. The zero-order chi connectivity index (χ0) is 19.5. The maximum Gasteiger partial charge on any atom is 0.175 e. The lowest BCUT2D eigenvalue weighted by Crippen LogP contribution is -2.34. The molecule has 1 aromatic heterocycles. The number of piperidine rings is 1. The SMILES string of the molecule is COc1ccc(C)cc1S(=O)Nc1cc(OC2CCNCC2)c2occc2c1. The van der Waals surface area contributed by atoms with Crippen LogP contribution in [0.5, 0.6) is 11.5 Å². The monoisotopic (exact) mass is 400 g/mol. The van der Waals surface area contributed by atoms with Crippen LogP contribution < -0.4 is 19.5 Å². The third-order valence-electron chi connectivity index (χ3n) is 4.83. The number of anilines is 1. The van der Waals surface area contributed by atoms with Gasteiger partial charge in [0.05, 0.1) is 19.1 Å². The third kappa shape index (κ3) is 4.00. The van der Waals surface area contributed by atoms with E-state index in [1.54, 1.807) is 13.4 Å². The lowest BCUT2D eigenvalue weighted by atomic mass is 10.1. The molecule has 0 radical (unpaired) electrons. The van der Waals surface area contributed by atoms with Gasteiger partial charge in [0.1, 0.15) is 16.7 Å². The lowest BCUT2D eigenvalue weighted by Gasteiger charge is -2.24. The summed E-state index contributed by atoms with van der Waals surface area (Å²) in [5.41, 5.74) is 2.44. The van der Waals surface area contributed by atoms with Crippen LogP contribution in [0, 0.1) is 6.92 Å². The fourth-order valence-electron chi connectivity index (χ4n) is 3.38. The van der Waals surface area contributed by atoms with E-state index in [0.717, 1.165) is 36.9 Å². The van der Waals surface area contributed by atoms with Gasteiger partial charge >= 0.3 is 0 Å². The van der Waals surface area contributed by atoms with E-state index >= 15 is 0 Å². The number of aryl methyl sites for hydroxylation is 1. The van der Waals surface area contributed by atoms with Crippen molar-refractivity contribution in [3.05, 3.63) is 48.2 Å². The Kier molecular flexibility index (Phi) is 5.54. The quantitative estimate of drug-likeness (QED) is 0.654. The van der Waals surface area contributed by atoms with Crippen LogP contribution in [0.25, 0.3) is 11.0 Å². The van der Waals surface area contributed by atoms with Crippen LogP contribution in [0.2, 0.25) is 0 Å². The van der Waals surface area contributed by atoms with Crippen LogP contribution in [-0.4, -0.2) is 30.5 Å². The summed E-state index contributed by atoms with van der Waals surface area (Å²) >= 11 is 0. The van der Waals surface area contributed by atoms with Crippen molar-refractivity contribution in [1.29, 1.82) is 0 Å². The summed E-state index contributed by atoms with van der Waals surface area (Å²) in [7, 11) is 0.104. The summed E-state index contributed by atoms with van der Waals surface area (Å²) in [5.74, 6) is 1.26. The summed E-state index contributed by atoms with van der Waals surface area (Å²) in [6.45, 7) is 3.85. The fraction of sp³-hybridized carbons (Fsp3) is 0.333. The van der Waals surface area contributed by atoms with Crippen LogP contribution in [0.3, 0.4) is 0 Å². The molecule has 0 saturated carbocycles. The first-order valence-corrected chi connectivity index (χ1v) is 10.5. The highest BCUT2D eigenvalue weighted by Crippen LogP contribution is 2.33. The number of nitrogens with one attached hydrogen (secondary N) is 2. The Morgan fingerprint density at radius 1 is 1.14 bits per heavy atom. The van der Waals surface area contributed by atoms with Gasteiger partial charge in [-0.25, -0.2) is 4.21 Å². The smallest absolute Gasteiger partial charge is 0.175 e. The summed E-state index contributed by atoms with van der Waals surface area (Å²) in [6, 6.07) is 11.3. The Morgan fingerprint density at radius 2 is 1.96 bits per heavy atom. The summed E-state index contributed by atoms with van der Waals surface area (Å²) < 4.78 is 33.3. The second-order valence-electron chi connectivity index (χ2n) is 6.91. The number of methoxy groups -OCH3 is 1. The van der Waals surface area contributed by atoms with E-state index in [4.69, 9.17) is 13.9 Å². The second-order valence-corrected chi connectivity index (χ2v) is 8.09. The predicted octanol–water partition coefficient (Wildman–Crippen LogP) is 4.02. The number of benzene rings is 2. The molecule has 0 spiro atoms. The molecule has 4 rings (SSSR count). The van der Waals surface area contributed by atoms with Crippen molar-refractivity contribution < 1.29 is 18.1 Å². The molecule has 1 fully saturated rings. The maximum atomic E-state index is 13.0. The van der Waals surface area contributed by atoms with Gasteiger partial charge < -0.3 is 23.9 Å². The van der Waals surface area contributed by atoms with E-state index in [1.165, 1.54) is 0 Å². The van der Waals surface area contributed by atoms with Crippen LogP contribution in [0.4, 0.5) is 5.69 Å². The molecule has 0 aliphatic carbocycles. The van der Waals surface area contributed by atoms with Gasteiger partial charge in [-0.15, -0.1) is 0 Å². The van der Waals surface area contributed by atoms with Crippen molar-refractivity contribution in [2.75, 3.05) is 24.9 Å². The predicted molar refractivity (Wildman–Crippen MR) is 110 cm³/mol. The first-order chi connectivity index (χ1) is 13.6. The van der Waals surface area contributed by atoms with E-state index in [-0.39, 0.29) is 6.10 Å². The number of rotatable bonds is 6. The van der Waals surface area contributed by atoms with Crippen LogP contribution in [-0.2, 0) is 11.0 Å². The molecule has 2 N–H and O–H groups in total.